The number of benzene rings is 1. The maximum Gasteiger partial charge on any atom is 0.262 e. The highest BCUT2D eigenvalue weighted by Crippen LogP contribution is 2.32. The average molecular weight is 470 g/mol. The summed E-state index contributed by atoms with van der Waals surface area (Å²) in [7, 11) is 2.06. The number of hydrogen-bond acceptors (Lipinski definition) is 7. The maximum absolute atomic E-state index is 13.0. The summed E-state index contributed by atoms with van der Waals surface area (Å²) in [6.07, 6.45) is 2.12. The zero-order valence-electron chi connectivity index (χ0n) is 19.4. The highest BCUT2D eigenvalue weighted by Gasteiger charge is 2.42. The highest BCUT2D eigenvalue weighted by atomic mass is 16.2. The summed E-state index contributed by atoms with van der Waals surface area (Å²) in [6.45, 7) is 4.69. The van der Waals surface area contributed by atoms with Gasteiger partial charge in [-0.2, -0.15) is 0 Å². The van der Waals surface area contributed by atoms with Gasteiger partial charge in [-0.05, 0) is 44.5 Å². The third-order valence-electron chi connectivity index (χ3n) is 7.12. The van der Waals surface area contributed by atoms with Crippen LogP contribution in [0.5, 0.6) is 0 Å². The Labute approximate surface area is 198 Å². The molecule has 1 atom stereocenters. The van der Waals surface area contributed by atoms with Gasteiger partial charge in [0.05, 0.1) is 11.1 Å². The van der Waals surface area contributed by atoms with Gasteiger partial charge in [-0.3, -0.25) is 24.1 Å². The fraction of sp³-hybridized carbons (Fsp3) is 0.542. The maximum atomic E-state index is 13.0. The molecule has 182 valence electrons. The number of anilines is 1. The van der Waals surface area contributed by atoms with Crippen molar-refractivity contribution in [2.24, 2.45) is 11.7 Å². The first-order valence-electron chi connectivity index (χ1n) is 11.8. The molecule has 4 rings (SSSR count). The van der Waals surface area contributed by atoms with Crippen molar-refractivity contribution in [2.75, 3.05) is 51.2 Å². The Balaban J connectivity index is 1.43. The van der Waals surface area contributed by atoms with Gasteiger partial charge in [0.25, 0.3) is 11.8 Å². The zero-order chi connectivity index (χ0) is 24.4. The third-order valence-corrected chi connectivity index (χ3v) is 7.12. The van der Waals surface area contributed by atoms with Gasteiger partial charge in [0.1, 0.15) is 12.3 Å². The van der Waals surface area contributed by atoms with Gasteiger partial charge in [-0.25, -0.2) is 0 Å². The molecular formula is C24H31N5O5. The summed E-state index contributed by atoms with van der Waals surface area (Å²) < 4.78 is 0. The zero-order valence-corrected chi connectivity index (χ0v) is 19.4. The minimum Gasteiger partial charge on any atom is -0.371 e. The smallest absolute Gasteiger partial charge is 0.262 e. The number of rotatable bonds is 7. The number of aldehydes is 1. The van der Waals surface area contributed by atoms with E-state index >= 15 is 0 Å². The van der Waals surface area contributed by atoms with E-state index in [4.69, 9.17) is 5.73 Å². The van der Waals surface area contributed by atoms with Crippen molar-refractivity contribution in [3.05, 3.63) is 29.3 Å². The van der Waals surface area contributed by atoms with E-state index in [2.05, 4.69) is 16.8 Å². The number of primary amides is 1. The van der Waals surface area contributed by atoms with Gasteiger partial charge in [0, 0.05) is 57.3 Å². The topological polar surface area (TPSA) is 124 Å². The predicted molar refractivity (Wildman–Crippen MR) is 124 cm³/mol. The van der Waals surface area contributed by atoms with Crippen LogP contribution in [0.2, 0.25) is 0 Å². The van der Waals surface area contributed by atoms with Crippen LogP contribution in [-0.2, 0) is 14.4 Å². The Hall–Kier alpha value is -3.27. The lowest BCUT2D eigenvalue weighted by Crippen LogP contribution is -2.50. The van der Waals surface area contributed by atoms with Gasteiger partial charge < -0.3 is 25.2 Å². The van der Waals surface area contributed by atoms with E-state index in [9.17, 15) is 24.0 Å². The summed E-state index contributed by atoms with van der Waals surface area (Å²) in [4.78, 5) is 68.6. The Morgan fingerprint density at radius 3 is 2.29 bits per heavy atom. The lowest BCUT2D eigenvalue weighted by Gasteiger charge is -2.38. The third kappa shape index (κ3) is 4.54. The van der Waals surface area contributed by atoms with Crippen molar-refractivity contribution in [1.82, 2.24) is 14.7 Å². The number of carbonyl (C=O) groups is 5. The molecule has 0 bridgehead atoms. The van der Waals surface area contributed by atoms with E-state index < -0.39 is 23.8 Å². The first kappa shape index (κ1) is 23.9. The van der Waals surface area contributed by atoms with E-state index in [1.807, 2.05) is 4.90 Å². The van der Waals surface area contributed by atoms with Gasteiger partial charge >= 0.3 is 0 Å². The molecule has 4 amide bonds. The molecule has 2 fully saturated rings. The number of carbonyl (C=O) groups excluding carboxylic acids is 5. The normalized spacial score (nSPS) is 20.4. The highest BCUT2D eigenvalue weighted by molar-refractivity contribution is 6.23. The number of amides is 4. The number of nitrogens with zero attached hydrogens (tertiary/aromatic N) is 4. The molecule has 3 aliphatic heterocycles. The number of hydrogen-bond donors (Lipinski definition) is 1. The van der Waals surface area contributed by atoms with Gasteiger partial charge in [-0.15, -0.1) is 0 Å². The molecule has 0 radical (unpaired) electrons. The van der Waals surface area contributed by atoms with Gasteiger partial charge in [0.15, 0.2) is 0 Å². The van der Waals surface area contributed by atoms with Gasteiger partial charge in [0.2, 0.25) is 11.8 Å². The van der Waals surface area contributed by atoms with Crippen LogP contribution in [0.3, 0.4) is 0 Å². The largest absolute Gasteiger partial charge is 0.371 e. The molecule has 34 heavy (non-hydrogen) atoms. The number of imide groups is 1. The van der Waals surface area contributed by atoms with Crippen molar-refractivity contribution in [1.29, 1.82) is 0 Å². The lowest BCUT2D eigenvalue weighted by molar-refractivity contribution is -0.137. The summed E-state index contributed by atoms with van der Waals surface area (Å²) in [5.74, 6) is -1.73. The van der Waals surface area contributed by atoms with Crippen molar-refractivity contribution in [2.45, 2.75) is 31.7 Å². The summed E-state index contributed by atoms with van der Waals surface area (Å²) in [6, 6.07) is 3.92. The van der Waals surface area contributed by atoms with Crippen LogP contribution in [0.25, 0.3) is 0 Å². The molecule has 0 spiro atoms. The van der Waals surface area contributed by atoms with Crippen molar-refractivity contribution >= 4 is 35.6 Å². The van der Waals surface area contributed by atoms with Crippen LogP contribution in [0, 0.1) is 5.92 Å². The van der Waals surface area contributed by atoms with E-state index in [0.717, 1.165) is 49.6 Å². The average Bonchev–Trinajstić information content (AvgIpc) is 3.09. The van der Waals surface area contributed by atoms with Crippen LogP contribution >= 0.6 is 0 Å². The molecular weight excluding hydrogens is 438 g/mol. The molecule has 1 aromatic carbocycles. The molecule has 0 aliphatic carbocycles. The first-order chi connectivity index (χ1) is 16.3. The number of nitrogens with two attached hydrogens (primary N) is 1. The van der Waals surface area contributed by atoms with Crippen molar-refractivity contribution in [3.63, 3.8) is 0 Å². The monoisotopic (exact) mass is 469 g/mol. The Morgan fingerprint density at radius 1 is 1.03 bits per heavy atom. The molecule has 1 unspecified atom stereocenters. The quantitative estimate of drug-likeness (QED) is 0.444. The number of piperidine rings is 1. The minimum atomic E-state index is -1.16. The van der Waals surface area contributed by atoms with Crippen molar-refractivity contribution in [3.8, 4) is 0 Å². The summed E-state index contributed by atoms with van der Waals surface area (Å²) >= 11 is 0. The second-order valence-corrected chi connectivity index (χ2v) is 9.26. The summed E-state index contributed by atoms with van der Waals surface area (Å²) in [5, 5.41) is 0. The van der Waals surface area contributed by atoms with E-state index in [-0.39, 0.29) is 35.8 Å². The fourth-order valence-corrected chi connectivity index (χ4v) is 5.02. The van der Waals surface area contributed by atoms with Crippen LogP contribution in [-0.4, -0.2) is 97.0 Å². The SMILES string of the molecule is CN1CCN(C(=O)C2CCN(c3ccc4c(c3)C(=O)N(C(CCC=O)C(N)=O)C4=O)CC2)CC1. The molecule has 3 heterocycles. The molecule has 2 N–H and O–H groups in total. The standard InChI is InChI=1S/C24H31N5O5/c1-26-10-12-28(13-11-26)22(32)16-6-8-27(9-7-16)17-4-5-18-19(15-17)24(34)29(23(18)33)20(21(25)31)3-2-14-30/h4-5,14-16,20H,2-3,6-13H2,1H3,(H2,25,31). The number of likely N-dealkylation sites (N-methyl/N-ethyl adjacent to an activating group) is 1. The van der Waals surface area contributed by atoms with E-state index in [1.54, 1.807) is 18.2 Å². The van der Waals surface area contributed by atoms with Crippen LogP contribution < -0.4 is 10.6 Å². The first-order valence-corrected chi connectivity index (χ1v) is 11.8. The van der Waals surface area contributed by atoms with E-state index in [0.29, 0.717) is 19.4 Å². The number of fused-ring (bicyclic) bond motifs is 1. The fourth-order valence-electron chi connectivity index (χ4n) is 5.02. The molecule has 3 aliphatic rings. The van der Waals surface area contributed by atoms with Crippen LogP contribution in [0.15, 0.2) is 18.2 Å². The van der Waals surface area contributed by atoms with E-state index in [1.165, 1.54) is 0 Å². The Morgan fingerprint density at radius 2 is 1.68 bits per heavy atom. The molecule has 1 aromatic rings. The minimum absolute atomic E-state index is 0.00179. The Kier molecular flexibility index (Phi) is 6.97. The molecule has 2 saturated heterocycles. The van der Waals surface area contributed by atoms with Gasteiger partial charge in [-0.1, -0.05) is 0 Å². The predicted octanol–water partition coefficient (Wildman–Crippen LogP) is 0.106. The van der Waals surface area contributed by atoms with Crippen LogP contribution in [0.1, 0.15) is 46.4 Å². The van der Waals surface area contributed by atoms with Crippen molar-refractivity contribution < 1.29 is 24.0 Å². The molecule has 0 aromatic heterocycles. The molecule has 0 saturated carbocycles. The number of piperazine rings is 1. The molecule has 10 heteroatoms. The summed E-state index contributed by atoms with van der Waals surface area (Å²) in [5.41, 5.74) is 6.68. The van der Waals surface area contributed by atoms with Crippen LogP contribution in [0.4, 0.5) is 5.69 Å². The molecule has 10 nitrogen and oxygen atoms in total. The lowest BCUT2D eigenvalue weighted by atomic mass is 9.94. The Bertz CT molecular complexity index is 995. The second kappa shape index (κ2) is 9.92. The second-order valence-electron chi connectivity index (χ2n) is 9.26.